The van der Waals surface area contributed by atoms with Gasteiger partial charge in [-0.2, -0.15) is 0 Å². The molecule has 0 aliphatic heterocycles. The Morgan fingerprint density at radius 1 is 1.39 bits per heavy atom. The monoisotopic (exact) mass is 251 g/mol. The fourth-order valence-electron chi connectivity index (χ4n) is 2.54. The first-order valence-corrected chi connectivity index (χ1v) is 6.71. The topological polar surface area (TPSA) is 62.5 Å². The number of amides is 1. The Kier molecular flexibility index (Phi) is 4.07. The van der Waals surface area contributed by atoms with Gasteiger partial charge in [0.2, 0.25) is 0 Å². The molecule has 0 radical (unpaired) electrons. The van der Waals surface area contributed by atoms with Crippen molar-refractivity contribution in [1.82, 2.24) is 5.32 Å². The smallest absolute Gasteiger partial charge is 0.287 e. The van der Waals surface area contributed by atoms with E-state index in [1.165, 1.54) is 6.42 Å². The van der Waals surface area contributed by atoms with Gasteiger partial charge in [0.15, 0.2) is 5.76 Å². The SMILES string of the molecule is CCc1ccc(C(=O)NC2(CO)CCCCC2)o1. The molecule has 4 heteroatoms. The van der Waals surface area contributed by atoms with Crippen molar-refractivity contribution >= 4 is 5.91 Å². The van der Waals surface area contributed by atoms with Crippen LogP contribution in [0.3, 0.4) is 0 Å². The molecule has 1 fully saturated rings. The highest BCUT2D eigenvalue weighted by atomic mass is 16.3. The Morgan fingerprint density at radius 2 is 2.11 bits per heavy atom. The molecule has 18 heavy (non-hydrogen) atoms. The van der Waals surface area contributed by atoms with Gasteiger partial charge in [-0.05, 0) is 25.0 Å². The van der Waals surface area contributed by atoms with Crippen molar-refractivity contribution in [2.45, 2.75) is 51.0 Å². The van der Waals surface area contributed by atoms with Crippen LogP contribution < -0.4 is 5.32 Å². The number of aliphatic hydroxyl groups is 1. The van der Waals surface area contributed by atoms with E-state index in [4.69, 9.17) is 4.42 Å². The van der Waals surface area contributed by atoms with Crippen molar-refractivity contribution in [3.63, 3.8) is 0 Å². The lowest BCUT2D eigenvalue weighted by atomic mass is 9.82. The molecule has 2 rings (SSSR count). The van der Waals surface area contributed by atoms with Crippen LogP contribution in [0.25, 0.3) is 0 Å². The maximum atomic E-state index is 12.1. The van der Waals surface area contributed by atoms with E-state index in [0.29, 0.717) is 5.76 Å². The van der Waals surface area contributed by atoms with Gasteiger partial charge in [0.25, 0.3) is 5.91 Å². The van der Waals surface area contributed by atoms with Gasteiger partial charge in [0.05, 0.1) is 12.1 Å². The zero-order valence-electron chi connectivity index (χ0n) is 10.9. The van der Waals surface area contributed by atoms with Gasteiger partial charge < -0.3 is 14.8 Å². The number of carbonyl (C=O) groups is 1. The number of carbonyl (C=O) groups excluding carboxylic acids is 1. The molecule has 1 amide bonds. The van der Waals surface area contributed by atoms with Crippen molar-refractivity contribution < 1.29 is 14.3 Å². The number of nitrogens with one attached hydrogen (secondary N) is 1. The highest BCUT2D eigenvalue weighted by Crippen LogP contribution is 2.28. The van der Waals surface area contributed by atoms with Crippen LogP contribution in [-0.4, -0.2) is 23.2 Å². The van der Waals surface area contributed by atoms with E-state index in [1.54, 1.807) is 6.07 Å². The zero-order valence-corrected chi connectivity index (χ0v) is 10.9. The molecule has 0 atom stereocenters. The van der Waals surface area contributed by atoms with Crippen LogP contribution in [0.15, 0.2) is 16.5 Å². The second-order valence-corrected chi connectivity index (χ2v) is 5.07. The van der Waals surface area contributed by atoms with Crippen molar-refractivity contribution in [3.8, 4) is 0 Å². The van der Waals surface area contributed by atoms with E-state index < -0.39 is 5.54 Å². The highest BCUT2D eigenvalue weighted by molar-refractivity contribution is 5.92. The standard InChI is InChI=1S/C14H21NO3/c1-2-11-6-7-12(18-11)13(17)15-14(10-16)8-4-3-5-9-14/h6-7,16H,2-5,8-10H2,1H3,(H,15,17). The molecule has 0 unspecified atom stereocenters. The lowest BCUT2D eigenvalue weighted by Gasteiger charge is -2.36. The lowest BCUT2D eigenvalue weighted by molar-refractivity contribution is 0.0731. The number of furan rings is 1. The number of aliphatic hydroxyl groups excluding tert-OH is 1. The van der Waals surface area contributed by atoms with Crippen LogP contribution in [0.1, 0.15) is 55.3 Å². The predicted molar refractivity (Wildman–Crippen MR) is 68.5 cm³/mol. The fraction of sp³-hybridized carbons (Fsp3) is 0.643. The van der Waals surface area contributed by atoms with Crippen molar-refractivity contribution in [1.29, 1.82) is 0 Å². The third-order valence-corrected chi connectivity index (χ3v) is 3.73. The Hall–Kier alpha value is -1.29. The van der Waals surface area contributed by atoms with Gasteiger partial charge in [-0.15, -0.1) is 0 Å². The van der Waals surface area contributed by atoms with E-state index >= 15 is 0 Å². The molecule has 1 aromatic rings. The third kappa shape index (κ3) is 2.75. The molecule has 100 valence electrons. The van der Waals surface area contributed by atoms with E-state index in [9.17, 15) is 9.90 Å². The van der Waals surface area contributed by atoms with Crippen LogP contribution in [0.2, 0.25) is 0 Å². The van der Waals surface area contributed by atoms with Gasteiger partial charge in [-0.3, -0.25) is 4.79 Å². The molecular formula is C14H21NO3. The van der Waals surface area contributed by atoms with Crippen LogP contribution >= 0.6 is 0 Å². The Labute approximate surface area is 107 Å². The van der Waals surface area contributed by atoms with Gasteiger partial charge in [-0.25, -0.2) is 0 Å². The quantitative estimate of drug-likeness (QED) is 0.863. The first-order valence-electron chi connectivity index (χ1n) is 6.71. The normalized spacial score (nSPS) is 18.6. The molecule has 1 aliphatic carbocycles. The molecule has 0 bridgehead atoms. The minimum absolute atomic E-state index is 0.0000828. The van der Waals surface area contributed by atoms with Crippen LogP contribution in [0.4, 0.5) is 0 Å². The van der Waals surface area contributed by atoms with Crippen LogP contribution in [0.5, 0.6) is 0 Å². The van der Waals surface area contributed by atoms with Gasteiger partial charge in [-0.1, -0.05) is 26.2 Å². The molecule has 1 aromatic heterocycles. The molecule has 1 saturated carbocycles. The van der Waals surface area contributed by atoms with Crippen LogP contribution in [-0.2, 0) is 6.42 Å². The first-order chi connectivity index (χ1) is 8.69. The zero-order chi connectivity index (χ0) is 13.0. The fourth-order valence-corrected chi connectivity index (χ4v) is 2.54. The molecule has 1 heterocycles. The lowest BCUT2D eigenvalue weighted by Crippen LogP contribution is -2.52. The van der Waals surface area contributed by atoms with E-state index in [2.05, 4.69) is 5.32 Å². The number of aryl methyl sites for hydroxylation is 1. The Morgan fingerprint density at radius 3 is 2.67 bits per heavy atom. The van der Waals surface area contributed by atoms with Gasteiger partial charge >= 0.3 is 0 Å². The Bertz CT molecular complexity index is 405. The minimum atomic E-state index is -0.450. The summed E-state index contributed by atoms with van der Waals surface area (Å²) in [5.41, 5.74) is -0.450. The summed E-state index contributed by atoms with van der Waals surface area (Å²) in [6.45, 7) is 1.98. The highest BCUT2D eigenvalue weighted by Gasteiger charge is 2.33. The summed E-state index contributed by atoms with van der Waals surface area (Å²) in [4.78, 5) is 12.1. The van der Waals surface area contributed by atoms with Gasteiger partial charge in [0, 0.05) is 6.42 Å². The minimum Gasteiger partial charge on any atom is -0.456 e. The average molecular weight is 251 g/mol. The van der Waals surface area contributed by atoms with Gasteiger partial charge in [0.1, 0.15) is 5.76 Å². The summed E-state index contributed by atoms with van der Waals surface area (Å²) >= 11 is 0. The van der Waals surface area contributed by atoms with E-state index in [1.807, 2.05) is 13.0 Å². The summed E-state index contributed by atoms with van der Waals surface area (Å²) in [7, 11) is 0. The molecule has 0 aromatic carbocycles. The second kappa shape index (κ2) is 5.57. The molecule has 0 saturated heterocycles. The van der Waals surface area contributed by atoms with E-state index in [0.717, 1.165) is 37.9 Å². The van der Waals surface area contributed by atoms with E-state index in [-0.39, 0.29) is 12.5 Å². The molecule has 1 aliphatic rings. The molecule has 2 N–H and O–H groups in total. The predicted octanol–water partition coefficient (Wildman–Crippen LogP) is 2.27. The van der Waals surface area contributed by atoms with Crippen molar-refractivity contribution in [2.24, 2.45) is 0 Å². The summed E-state index contributed by atoms with van der Waals surface area (Å²) in [6, 6.07) is 3.52. The first kappa shape index (κ1) is 13.1. The summed E-state index contributed by atoms with van der Waals surface area (Å²) in [5, 5.41) is 12.5. The maximum Gasteiger partial charge on any atom is 0.287 e. The second-order valence-electron chi connectivity index (χ2n) is 5.07. The van der Waals surface area contributed by atoms with Crippen molar-refractivity contribution in [2.75, 3.05) is 6.61 Å². The van der Waals surface area contributed by atoms with Crippen LogP contribution in [0, 0.1) is 0 Å². The largest absolute Gasteiger partial charge is 0.456 e. The average Bonchev–Trinajstić information content (AvgIpc) is 2.88. The Balaban J connectivity index is 2.04. The summed E-state index contributed by atoms with van der Waals surface area (Å²) in [5.74, 6) is 0.928. The van der Waals surface area contributed by atoms with Crippen molar-refractivity contribution in [3.05, 3.63) is 23.7 Å². The summed E-state index contributed by atoms with van der Waals surface area (Å²) < 4.78 is 5.43. The number of hydrogen-bond acceptors (Lipinski definition) is 3. The number of rotatable bonds is 4. The number of hydrogen-bond donors (Lipinski definition) is 2. The maximum absolute atomic E-state index is 12.1. The third-order valence-electron chi connectivity index (χ3n) is 3.73. The summed E-state index contributed by atoms with van der Waals surface area (Å²) in [6.07, 6.45) is 5.75. The molecule has 0 spiro atoms. The molecular weight excluding hydrogens is 230 g/mol. The molecule has 4 nitrogen and oxygen atoms in total.